The summed E-state index contributed by atoms with van der Waals surface area (Å²) in [6.45, 7) is 1.61. The Labute approximate surface area is 55.9 Å². The Bertz CT molecular complexity index is 145. The molecule has 45 valence electrons. The van der Waals surface area contributed by atoms with Crippen LogP contribution in [0, 0.1) is 0 Å². The molecule has 0 saturated heterocycles. The first-order chi connectivity index (χ1) is 3.72. The molecule has 0 heterocycles. The Morgan fingerprint density at radius 3 is 2.38 bits per heavy atom. The Kier molecular flexibility index (Phi) is 3.46. The third-order valence-corrected chi connectivity index (χ3v) is 1.08. The Balaban J connectivity index is 4.04. The molecule has 3 heteroatoms. The summed E-state index contributed by atoms with van der Waals surface area (Å²) in [5.74, 6) is -0.359. The van der Waals surface area contributed by atoms with Crippen LogP contribution >= 0.6 is 0 Å². The zero-order valence-electron chi connectivity index (χ0n) is 4.69. The molecule has 0 fully saturated rings. The fourth-order valence-electron chi connectivity index (χ4n) is 0.192. The van der Waals surface area contributed by atoms with E-state index in [4.69, 9.17) is 0 Å². The monoisotopic (exact) mass is 153 g/mol. The van der Waals surface area contributed by atoms with E-state index in [1.54, 1.807) is 6.92 Å². The molecule has 0 N–H and O–H groups in total. The van der Waals surface area contributed by atoms with Gasteiger partial charge in [0.15, 0.2) is 0 Å². The van der Waals surface area contributed by atoms with Crippen LogP contribution in [0.2, 0.25) is 0 Å². The molecule has 0 aromatic heterocycles. The normalized spacial score (nSPS) is 7.25. The van der Waals surface area contributed by atoms with Crippen LogP contribution in [-0.4, -0.2) is 17.7 Å². The van der Waals surface area contributed by atoms with Crippen molar-refractivity contribution in [1.82, 2.24) is 0 Å². The van der Waals surface area contributed by atoms with Crippen molar-refractivity contribution in [2.45, 2.75) is 6.92 Å². The van der Waals surface area contributed by atoms with Gasteiger partial charge >= 0.3 is 55.3 Å². The van der Waals surface area contributed by atoms with E-state index in [-0.39, 0.29) is 5.97 Å². The second-order valence-electron chi connectivity index (χ2n) is 1.21. The van der Waals surface area contributed by atoms with Crippen LogP contribution in [0.4, 0.5) is 0 Å². The molecule has 0 aliphatic rings. The van der Waals surface area contributed by atoms with Gasteiger partial charge in [-0.15, -0.1) is 0 Å². The van der Waals surface area contributed by atoms with Crippen LogP contribution < -0.4 is 0 Å². The predicted molar refractivity (Wildman–Crippen MR) is 26.2 cm³/mol. The first kappa shape index (κ1) is 7.64. The molecule has 0 saturated carbocycles. The summed E-state index contributed by atoms with van der Waals surface area (Å²) in [4.78, 5) is 10.4. The van der Waals surface area contributed by atoms with E-state index in [1.807, 2.05) is 0 Å². The van der Waals surface area contributed by atoms with Gasteiger partial charge in [-0.05, 0) is 0 Å². The molecule has 0 aromatic rings. The number of hydrogen-bond acceptors (Lipinski definition) is 2. The number of esters is 1. The van der Waals surface area contributed by atoms with Crippen LogP contribution in [0.5, 0.6) is 0 Å². The van der Waals surface area contributed by atoms with Crippen molar-refractivity contribution >= 4 is 10.5 Å². The summed E-state index contributed by atoms with van der Waals surface area (Å²) in [6, 6.07) is 0. The molecule has 0 aliphatic heterocycles. The van der Waals surface area contributed by atoms with Crippen molar-refractivity contribution in [3.8, 4) is 0 Å². The fourth-order valence-corrected chi connectivity index (χ4v) is 0.312. The van der Waals surface area contributed by atoms with Crippen LogP contribution in [0.15, 0.2) is 5.57 Å². The number of carbonyl (C=O) groups excluding carboxylic acids is 1. The van der Waals surface area contributed by atoms with E-state index >= 15 is 0 Å². The summed E-state index contributed by atoms with van der Waals surface area (Å²) in [6.07, 6.45) is 0. The van der Waals surface area contributed by atoms with E-state index in [2.05, 4.69) is 24.9 Å². The van der Waals surface area contributed by atoms with Gasteiger partial charge in [0.1, 0.15) is 0 Å². The topological polar surface area (TPSA) is 26.3 Å². The number of rotatable bonds is 1. The molecule has 0 amide bonds. The van der Waals surface area contributed by atoms with Gasteiger partial charge in [0.25, 0.3) is 0 Å². The molecule has 0 rings (SSSR count). The summed E-state index contributed by atoms with van der Waals surface area (Å²) >= 11 is 2.87. The molecule has 0 aromatic carbocycles. The summed E-state index contributed by atoms with van der Waals surface area (Å²) in [7, 11) is 1.33. The Morgan fingerprint density at radius 2 is 2.25 bits per heavy atom. The average molecular weight is 153 g/mol. The van der Waals surface area contributed by atoms with Gasteiger partial charge in [-0.2, -0.15) is 0 Å². The number of methoxy groups -OCH3 is 1. The fraction of sp³-hybridized carbons (Fsp3) is 0.400. The van der Waals surface area contributed by atoms with Gasteiger partial charge in [0.05, 0.1) is 0 Å². The van der Waals surface area contributed by atoms with E-state index in [9.17, 15) is 4.79 Å². The zero-order chi connectivity index (χ0) is 6.57. The van der Waals surface area contributed by atoms with E-state index in [0.29, 0.717) is 5.57 Å². The number of hydrogen-bond donors (Lipinski definition) is 0. The van der Waals surface area contributed by atoms with Crippen molar-refractivity contribution in [2.75, 3.05) is 7.11 Å². The van der Waals surface area contributed by atoms with E-state index < -0.39 is 0 Å². The quantitative estimate of drug-likeness (QED) is 0.302. The first-order valence-electron chi connectivity index (χ1n) is 2.01. The second kappa shape index (κ2) is 3.62. The summed E-state index contributed by atoms with van der Waals surface area (Å²) < 4.78 is 6.80. The third kappa shape index (κ3) is 2.08. The minimum absolute atomic E-state index is 0.359. The van der Waals surface area contributed by atoms with E-state index in [0.717, 1.165) is 0 Å². The molecule has 0 unspecified atom stereocenters. The molecule has 0 radical (unpaired) electrons. The van der Waals surface area contributed by atoms with Crippen LogP contribution in [0.25, 0.3) is 0 Å². The average Bonchev–Trinajstić information content (AvgIpc) is 1.84. The minimum atomic E-state index is -0.359. The van der Waals surface area contributed by atoms with Crippen LogP contribution in [-0.2, 0) is 25.1 Å². The van der Waals surface area contributed by atoms with Gasteiger partial charge in [-0.1, -0.05) is 0 Å². The molecule has 8 heavy (non-hydrogen) atoms. The Hall–Kier alpha value is -0.361. The van der Waals surface area contributed by atoms with E-state index in [1.165, 1.54) is 7.11 Å². The van der Waals surface area contributed by atoms with Gasteiger partial charge < -0.3 is 0 Å². The summed E-state index contributed by atoms with van der Waals surface area (Å²) in [5, 5.41) is 0. The molecule has 0 aliphatic carbocycles. The van der Waals surface area contributed by atoms with Crippen molar-refractivity contribution in [3.63, 3.8) is 0 Å². The third-order valence-electron chi connectivity index (χ3n) is 0.633. The maximum absolute atomic E-state index is 10.4. The standard InChI is InChI=1S/C5H6O2.Mn/c1-4(2)5(6)7-3;/h1,3H3;. The van der Waals surface area contributed by atoms with Crippen LogP contribution in [0.3, 0.4) is 0 Å². The zero-order valence-corrected chi connectivity index (χ0v) is 5.87. The van der Waals surface area contributed by atoms with Gasteiger partial charge in [0, 0.05) is 0 Å². The second-order valence-corrected chi connectivity index (χ2v) is 1.51. The molecular weight excluding hydrogens is 147 g/mol. The predicted octanol–water partition coefficient (Wildman–Crippen LogP) is 0.0536. The molecule has 0 bridgehead atoms. The van der Waals surface area contributed by atoms with Gasteiger partial charge in [-0.3, -0.25) is 0 Å². The van der Waals surface area contributed by atoms with Crippen molar-refractivity contribution in [2.24, 2.45) is 0 Å². The van der Waals surface area contributed by atoms with Crippen molar-refractivity contribution in [1.29, 1.82) is 0 Å². The molecule has 0 atom stereocenters. The van der Waals surface area contributed by atoms with Gasteiger partial charge in [0.2, 0.25) is 0 Å². The van der Waals surface area contributed by atoms with Crippen molar-refractivity contribution in [3.05, 3.63) is 5.57 Å². The van der Waals surface area contributed by atoms with Crippen LogP contribution in [0.1, 0.15) is 6.92 Å². The maximum atomic E-state index is 10.4. The number of carbonyl (C=O) groups is 1. The van der Waals surface area contributed by atoms with Crippen molar-refractivity contribution < 1.29 is 25.1 Å². The summed E-state index contributed by atoms with van der Waals surface area (Å²) in [5.41, 5.74) is 0.438. The Morgan fingerprint density at radius 1 is 1.75 bits per heavy atom. The SMILES string of the molecule is COC(=O)C(C)=[C]=[Mn]. The molecule has 0 spiro atoms. The molecule has 2 nitrogen and oxygen atoms in total. The molecular formula is C5H6MnO2. The first-order valence-corrected chi connectivity index (χ1v) is 2.60. The number of ether oxygens (including phenoxy) is 1. The van der Waals surface area contributed by atoms with Gasteiger partial charge in [-0.25, -0.2) is 0 Å².